The van der Waals surface area contributed by atoms with Crippen LogP contribution in [-0.4, -0.2) is 14.5 Å². The second-order valence-electron chi connectivity index (χ2n) is 3.55. The third-order valence-corrected chi connectivity index (χ3v) is 2.98. The van der Waals surface area contributed by atoms with E-state index in [1.54, 1.807) is 23.0 Å². The highest BCUT2D eigenvalue weighted by Crippen LogP contribution is 2.28. The summed E-state index contributed by atoms with van der Waals surface area (Å²) in [5.74, 6) is 0.551. The monoisotopic (exact) mass is 263 g/mol. The fraction of sp³-hybridized carbons (Fsp3) is 0. The summed E-state index contributed by atoms with van der Waals surface area (Å²) in [4.78, 5) is 8.38. The van der Waals surface area contributed by atoms with Crippen molar-refractivity contribution in [1.82, 2.24) is 14.5 Å². The lowest BCUT2D eigenvalue weighted by molar-refractivity contribution is 0.963. The van der Waals surface area contributed by atoms with Crippen molar-refractivity contribution >= 4 is 34.1 Å². The van der Waals surface area contributed by atoms with Crippen molar-refractivity contribution in [3.05, 3.63) is 52.9 Å². The van der Waals surface area contributed by atoms with Gasteiger partial charge in [-0.15, -0.1) is 0 Å². The third kappa shape index (κ3) is 1.77. The predicted molar refractivity (Wildman–Crippen MR) is 68.9 cm³/mol. The number of benzene rings is 1. The molecule has 0 spiro atoms. The van der Waals surface area contributed by atoms with Crippen LogP contribution in [0.1, 0.15) is 0 Å². The molecule has 1 aromatic carbocycles. The van der Waals surface area contributed by atoms with Gasteiger partial charge in [0.15, 0.2) is 0 Å². The summed E-state index contributed by atoms with van der Waals surface area (Å²) < 4.78 is 1.78. The molecule has 3 aromatic rings. The van der Waals surface area contributed by atoms with Crippen molar-refractivity contribution in [2.45, 2.75) is 0 Å². The lowest BCUT2D eigenvalue weighted by atomic mass is 10.2. The quantitative estimate of drug-likeness (QED) is 0.670. The van der Waals surface area contributed by atoms with Crippen molar-refractivity contribution in [2.75, 3.05) is 0 Å². The van der Waals surface area contributed by atoms with E-state index in [1.807, 2.05) is 24.3 Å². The summed E-state index contributed by atoms with van der Waals surface area (Å²) in [5, 5.41) is 2.21. The van der Waals surface area contributed by atoms with E-state index in [9.17, 15) is 0 Å². The van der Waals surface area contributed by atoms with Gasteiger partial charge in [0.05, 0.1) is 5.52 Å². The Hall–Kier alpha value is -1.58. The first-order chi connectivity index (χ1) is 8.25. The molecule has 2 aromatic heterocycles. The Morgan fingerprint density at radius 1 is 1.00 bits per heavy atom. The van der Waals surface area contributed by atoms with Gasteiger partial charge in [-0.3, -0.25) is 4.57 Å². The Morgan fingerprint density at radius 2 is 1.76 bits per heavy atom. The third-order valence-electron chi connectivity index (χ3n) is 2.47. The van der Waals surface area contributed by atoms with E-state index < -0.39 is 0 Å². The molecular formula is C12H7Cl2N3. The predicted octanol–water partition coefficient (Wildman–Crippen LogP) is 3.73. The minimum Gasteiger partial charge on any atom is -0.268 e. The molecule has 0 unspecified atom stereocenters. The molecule has 0 bridgehead atoms. The van der Waals surface area contributed by atoms with Gasteiger partial charge in [-0.25, -0.2) is 9.97 Å². The van der Waals surface area contributed by atoms with Crippen molar-refractivity contribution < 1.29 is 0 Å². The Labute approximate surface area is 108 Å². The van der Waals surface area contributed by atoms with Gasteiger partial charge in [-0.05, 0) is 30.3 Å². The number of aromatic nitrogens is 3. The lowest BCUT2D eigenvalue weighted by Crippen LogP contribution is -1.99. The highest BCUT2D eigenvalue weighted by atomic mass is 35.5. The van der Waals surface area contributed by atoms with Crippen LogP contribution in [0.4, 0.5) is 0 Å². The lowest BCUT2D eigenvalue weighted by Gasteiger charge is -2.03. The minimum atomic E-state index is 0.551. The molecule has 0 aliphatic rings. The van der Waals surface area contributed by atoms with E-state index in [-0.39, 0.29) is 0 Å². The van der Waals surface area contributed by atoms with Crippen molar-refractivity contribution in [2.24, 2.45) is 0 Å². The highest BCUT2D eigenvalue weighted by molar-refractivity contribution is 6.32. The van der Waals surface area contributed by atoms with Gasteiger partial charge >= 0.3 is 0 Å². The second kappa shape index (κ2) is 4.02. The SMILES string of the molecule is Clc1ccc2c(c1)cc(Cl)n2-c1ncccn1. The molecule has 0 amide bonds. The number of halogens is 2. The van der Waals surface area contributed by atoms with Gasteiger partial charge in [0.25, 0.3) is 0 Å². The molecule has 5 heteroatoms. The summed E-state index contributed by atoms with van der Waals surface area (Å²) in [6, 6.07) is 9.20. The highest BCUT2D eigenvalue weighted by Gasteiger charge is 2.10. The Morgan fingerprint density at radius 3 is 2.53 bits per heavy atom. The zero-order chi connectivity index (χ0) is 11.8. The van der Waals surface area contributed by atoms with Crippen LogP contribution in [0.25, 0.3) is 16.9 Å². The maximum atomic E-state index is 6.19. The van der Waals surface area contributed by atoms with Gasteiger partial charge in [-0.2, -0.15) is 0 Å². The second-order valence-corrected chi connectivity index (χ2v) is 4.38. The number of rotatable bonds is 1. The van der Waals surface area contributed by atoms with Crippen molar-refractivity contribution in [3.63, 3.8) is 0 Å². The summed E-state index contributed by atoms with van der Waals surface area (Å²) >= 11 is 12.1. The largest absolute Gasteiger partial charge is 0.268 e. The Kier molecular flexibility index (Phi) is 2.50. The standard InChI is InChI=1S/C12H7Cl2N3/c13-9-2-3-10-8(6-9)7-11(14)17(10)12-15-4-1-5-16-12/h1-7H. The first-order valence-electron chi connectivity index (χ1n) is 4.99. The first-order valence-corrected chi connectivity index (χ1v) is 5.75. The van der Waals surface area contributed by atoms with Crippen LogP contribution >= 0.6 is 23.2 Å². The molecule has 0 atom stereocenters. The summed E-state index contributed by atoms with van der Waals surface area (Å²) in [5.41, 5.74) is 0.936. The van der Waals surface area contributed by atoms with Crippen LogP contribution in [0, 0.1) is 0 Å². The average Bonchev–Trinajstić information content (AvgIpc) is 2.65. The van der Waals surface area contributed by atoms with Crippen LogP contribution in [0.5, 0.6) is 0 Å². The van der Waals surface area contributed by atoms with Crippen LogP contribution in [-0.2, 0) is 0 Å². The molecule has 17 heavy (non-hydrogen) atoms. The molecule has 84 valence electrons. The zero-order valence-electron chi connectivity index (χ0n) is 8.64. The van der Waals surface area contributed by atoms with Crippen LogP contribution in [0.2, 0.25) is 10.2 Å². The molecule has 0 aliphatic heterocycles. The van der Waals surface area contributed by atoms with Gasteiger partial charge in [0.1, 0.15) is 5.15 Å². The molecule has 0 radical (unpaired) electrons. The Bertz CT molecular complexity index is 677. The summed E-state index contributed by atoms with van der Waals surface area (Å²) in [6.07, 6.45) is 3.36. The topological polar surface area (TPSA) is 30.7 Å². The molecule has 3 nitrogen and oxygen atoms in total. The van der Waals surface area contributed by atoms with Gasteiger partial charge in [0.2, 0.25) is 5.95 Å². The fourth-order valence-electron chi connectivity index (χ4n) is 1.76. The first kappa shape index (κ1) is 10.6. The smallest absolute Gasteiger partial charge is 0.235 e. The summed E-state index contributed by atoms with van der Waals surface area (Å²) in [7, 11) is 0. The molecule has 0 saturated heterocycles. The number of hydrogen-bond acceptors (Lipinski definition) is 2. The fourth-order valence-corrected chi connectivity index (χ4v) is 2.23. The maximum Gasteiger partial charge on any atom is 0.235 e. The molecule has 2 heterocycles. The molecule has 3 rings (SSSR count). The van der Waals surface area contributed by atoms with E-state index in [0.29, 0.717) is 16.1 Å². The maximum absolute atomic E-state index is 6.19. The van der Waals surface area contributed by atoms with E-state index >= 15 is 0 Å². The van der Waals surface area contributed by atoms with E-state index in [4.69, 9.17) is 23.2 Å². The minimum absolute atomic E-state index is 0.551. The summed E-state index contributed by atoms with van der Waals surface area (Å²) in [6.45, 7) is 0. The molecule has 0 N–H and O–H groups in total. The molecule has 0 aliphatic carbocycles. The van der Waals surface area contributed by atoms with Gasteiger partial charge in [0, 0.05) is 22.8 Å². The average molecular weight is 264 g/mol. The number of hydrogen-bond donors (Lipinski definition) is 0. The van der Waals surface area contributed by atoms with Gasteiger partial charge < -0.3 is 0 Å². The van der Waals surface area contributed by atoms with Crippen molar-refractivity contribution in [1.29, 1.82) is 0 Å². The Balaban J connectivity index is 2.33. The molecule has 0 fully saturated rings. The van der Waals surface area contributed by atoms with Crippen LogP contribution < -0.4 is 0 Å². The number of fused-ring (bicyclic) bond motifs is 1. The number of nitrogens with zero attached hydrogens (tertiary/aromatic N) is 3. The van der Waals surface area contributed by atoms with E-state index in [0.717, 1.165) is 10.9 Å². The normalized spacial score (nSPS) is 10.9. The zero-order valence-corrected chi connectivity index (χ0v) is 10.2. The van der Waals surface area contributed by atoms with Crippen LogP contribution in [0.3, 0.4) is 0 Å². The van der Waals surface area contributed by atoms with Crippen LogP contribution in [0.15, 0.2) is 42.7 Å². The van der Waals surface area contributed by atoms with E-state index in [1.165, 1.54) is 0 Å². The molecule has 0 saturated carbocycles. The van der Waals surface area contributed by atoms with E-state index in [2.05, 4.69) is 9.97 Å². The molecular weight excluding hydrogens is 257 g/mol. The van der Waals surface area contributed by atoms with Gasteiger partial charge in [-0.1, -0.05) is 23.2 Å². The van der Waals surface area contributed by atoms with Crippen molar-refractivity contribution in [3.8, 4) is 5.95 Å².